The van der Waals surface area contributed by atoms with Gasteiger partial charge in [-0.3, -0.25) is 4.68 Å². The summed E-state index contributed by atoms with van der Waals surface area (Å²) in [6, 6.07) is 0. The van der Waals surface area contributed by atoms with Gasteiger partial charge in [-0.1, -0.05) is 0 Å². The molecule has 2 heterocycles. The molecule has 1 aliphatic heterocycles. The topological polar surface area (TPSA) is 56.1 Å². The number of hydrogen-bond donors (Lipinski definition) is 1. The molecule has 0 spiro atoms. The van der Waals surface area contributed by atoms with Crippen LogP contribution in [0.3, 0.4) is 0 Å². The summed E-state index contributed by atoms with van der Waals surface area (Å²) < 4.78 is 6.44. The minimum absolute atomic E-state index is 0.306. The molecule has 1 aromatic heterocycles. The molecule has 0 unspecified atom stereocenters. The summed E-state index contributed by atoms with van der Waals surface area (Å²) in [5, 5.41) is 7.24. The Hall–Kier alpha value is -1.36. The normalized spacial score (nSPS) is 16.4. The van der Waals surface area contributed by atoms with Gasteiger partial charge < -0.3 is 10.1 Å². The van der Waals surface area contributed by atoms with Gasteiger partial charge in [-0.2, -0.15) is 5.10 Å². The molecule has 0 bridgehead atoms. The highest BCUT2D eigenvalue weighted by Gasteiger charge is 2.28. The number of aromatic nitrogens is 2. The van der Waals surface area contributed by atoms with Crippen LogP contribution in [0, 0.1) is 0 Å². The minimum Gasteiger partial charge on any atom is -0.465 e. The zero-order chi connectivity index (χ0) is 10.1. The number of carbonyl (C=O) groups excluding carboxylic acids is 1. The summed E-state index contributed by atoms with van der Waals surface area (Å²) in [5.74, 6) is 0.0802. The van der Waals surface area contributed by atoms with Crippen LogP contribution in [0.5, 0.6) is 0 Å². The van der Waals surface area contributed by atoms with Gasteiger partial charge >= 0.3 is 5.97 Å². The van der Waals surface area contributed by atoms with E-state index in [1.54, 1.807) is 10.9 Å². The number of hydrogen-bond acceptors (Lipinski definition) is 4. The quantitative estimate of drug-likeness (QED) is 0.669. The largest absolute Gasteiger partial charge is 0.465 e. The van der Waals surface area contributed by atoms with E-state index in [1.807, 2.05) is 7.05 Å². The van der Waals surface area contributed by atoms with Gasteiger partial charge in [-0.25, -0.2) is 4.79 Å². The standard InChI is InChI=1S/C9H13N3O2/c1-12-8(6-3-10-4-6)7(5-11-12)9(13)14-2/h5-6,10H,3-4H2,1-2H3. The Morgan fingerprint density at radius 3 is 2.93 bits per heavy atom. The van der Waals surface area contributed by atoms with Crippen molar-refractivity contribution >= 4 is 5.97 Å². The SMILES string of the molecule is COC(=O)c1cnn(C)c1C1CNC1. The van der Waals surface area contributed by atoms with Crippen molar-refractivity contribution < 1.29 is 9.53 Å². The number of rotatable bonds is 2. The molecule has 14 heavy (non-hydrogen) atoms. The van der Waals surface area contributed by atoms with Crippen molar-refractivity contribution in [2.24, 2.45) is 7.05 Å². The lowest BCUT2D eigenvalue weighted by molar-refractivity contribution is 0.0598. The molecule has 1 saturated heterocycles. The first-order valence-corrected chi connectivity index (χ1v) is 4.55. The molecule has 5 heteroatoms. The molecule has 5 nitrogen and oxygen atoms in total. The van der Waals surface area contributed by atoms with Crippen molar-refractivity contribution in [3.05, 3.63) is 17.5 Å². The molecule has 1 aliphatic rings. The maximum Gasteiger partial charge on any atom is 0.341 e. The van der Waals surface area contributed by atoms with E-state index in [1.165, 1.54) is 7.11 Å². The molecule has 0 radical (unpaired) electrons. The van der Waals surface area contributed by atoms with Gasteiger partial charge in [0.05, 0.1) is 19.0 Å². The lowest BCUT2D eigenvalue weighted by Crippen LogP contribution is -2.41. The molecule has 0 aliphatic carbocycles. The van der Waals surface area contributed by atoms with E-state index in [4.69, 9.17) is 4.74 Å². The Morgan fingerprint density at radius 1 is 1.71 bits per heavy atom. The number of nitrogens with one attached hydrogen (secondary N) is 1. The van der Waals surface area contributed by atoms with Gasteiger partial charge in [0.1, 0.15) is 5.56 Å². The molecule has 76 valence electrons. The Labute approximate surface area is 82.0 Å². The fourth-order valence-corrected chi connectivity index (χ4v) is 1.68. The third-order valence-corrected chi connectivity index (χ3v) is 2.56. The molecule has 1 aromatic rings. The van der Waals surface area contributed by atoms with Crippen molar-refractivity contribution in [2.75, 3.05) is 20.2 Å². The fourth-order valence-electron chi connectivity index (χ4n) is 1.68. The van der Waals surface area contributed by atoms with Crippen molar-refractivity contribution in [2.45, 2.75) is 5.92 Å². The Bertz CT molecular complexity index is 355. The predicted octanol–water partition coefficient (Wildman–Crippen LogP) is -0.107. The van der Waals surface area contributed by atoms with Crippen LogP contribution in [0.2, 0.25) is 0 Å². The van der Waals surface area contributed by atoms with Crippen molar-refractivity contribution in [3.63, 3.8) is 0 Å². The molecular formula is C9H13N3O2. The van der Waals surface area contributed by atoms with Crippen LogP contribution in [0.1, 0.15) is 22.0 Å². The van der Waals surface area contributed by atoms with E-state index in [2.05, 4.69) is 10.4 Å². The van der Waals surface area contributed by atoms with Crippen molar-refractivity contribution in [1.82, 2.24) is 15.1 Å². The van der Waals surface area contributed by atoms with Gasteiger partial charge in [-0.15, -0.1) is 0 Å². The average Bonchev–Trinajstić information content (AvgIpc) is 2.45. The van der Waals surface area contributed by atoms with Crippen LogP contribution in [0.15, 0.2) is 6.20 Å². The fraction of sp³-hybridized carbons (Fsp3) is 0.556. The second-order valence-corrected chi connectivity index (χ2v) is 3.41. The smallest absolute Gasteiger partial charge is 0.341 e. The highest BCUT2D eigenvalue weighted by atomic mass is 16.5. The van der Waals surface area contributed by atoms with Gasteiger partial charge in [0.2, 0.25) is 0 Å². The third-order valence-electron chi connectivity index (χ3n) is 2.56. The molecule has 1 N–H and O–H groups in total. The summed E-state index contributed by atoms with van der Waals surface area (Å²) in [5.41, 5.74) is 1.55. The molecule has 0 aromatic carbocycles. The predicted molar refractivity (Wildman–Crippen MR) is 50.2 cm³/mol. The summed E-state index contributed by atoms with van der Waals surface area (Å²) in [6.07, 6.45) is 1.57. The zero-order valence-corrected chi connectivity index (χ0v) is 8.28. The Kier molecular flexibility index (Phi) is 2.25. The maximum absolute atomic E-state index is 11.4. The molecule has 2 rings (SSSR count). The number of ether oxygens (including phenoxy) is 1. The molecule has 0 saturated carbocycles. The average molecular weight is 195 g/mol. The van der Waals surface area contributed by atoms with Gasteiger partial charge in [0.15, 0.2) is 0 Å². The monoisotopic (exact) mass is 195 g/mol. The second-order valence-electron chi connectivity index (χ2n) is 3.41. The lowest BCUT2D eigenvalue weighted by Gasteiger charge is -2.27. The van der Waals surface area contributed by atoms with Crippen LogP contribution < -0.4 is 5.32 Å². The van der Waals surface area contributed by atoms with Crippen LogP contribution in [0.4, 0.5) is 0 Å². The first-order valence-electron chi connectivity index (χ1n) is 4.55. The van der Waals surface area contributed by atoms with Crippen molar-refractivity contribution in [1.29, 1.82) is 0 Å². The molecule has 0 atom stereocenters. The highest BCUT2D eigenvalue weighted by molar-refractivity contribution is 5.90. The van der Waals surface area contributed by atoms with E-state index >= 15 is 0 Å². The van der Waals surface area contributed by atoms with Crippen LogP contribution >= 0.6 is 0 Å². The van der Waals surface area contributed by atoms with Gasteiger partial charge in [0, 0.05) is 26.1 Å². The van der Waals surface area contributed by atoms with E-state index in [9.17, 15) is 4.79 Å². The van der Waals surface area contributed by atoms with Crippen molar-refractivity contribution in [3.8, 4) is 0 Å². The van der Waals surface area contributed by atoms with E-state index in [-0.39, 0.29) is 5.97 Å². The number of methoxy groups -OCH3 is 1. The molecule has 0 amide bonds. The first-order chi connectivity index (χ1) is 6.74. The van der Waals surface area contributed by atoms with Crippen LogP contribution in [-0.4, -0.2) is 35.9 Å². The summed E-state index contributed by atoms with van der Waals surface area (Å²) in [4.78, 5) is 11.4. The Balaban J connectivity index is 2.34. The van der Waals surface area contributed by atoms with E-state index in [0.717, 1.165) is 18.8 Å². The number of nitrogens with zero attached hydrogens (tertiary/aromatic N) is 2. The summed E-state index contributed by atoms with van der Waals surface area (Å²) in [7, 11) is 3.23. The Morgan fingerprint density at radius 2 is 2.43 bits per heavy atom. The number of carbonyl (C=O) groups is 1. The van der Waals surface area contributed by atoms with E-state index in [0.29, 0.717) is 11.5 Å². The minimum atomic E-state index is -0.306. The van der Waals surface area contributed by atoms with Crippen LogP contribution in [0.25, 0.3) is 0 Å². The number of esters is 1. The maximum atomic E-state index is 11.4. The highest BCUT2D eigenvalue weighted by Crippen LogP contribution is 2.23. The second kappa shape index (κ2) is 3.42. The van der Waals surface area contributed by atoms with Crippen LogP contribution in [-0.2, 0) is 11.8 Å². The number of aryl methyl sites for hydroxylation is 1. The summed E-state index contributed by atoms with van der Waals surface area (Å²) in [6.45, 7) is 1.81. The lowest BCUT2D eigenvalue weighted by atomic mass is 9.96. The molecular weight excluding hydrogens is 182 g/mol. The summed E-state index contributed by atoms with van der Waals surface area (Å²) >= 11 is 0. The van der Waals surface area contributed by atoms with Gasteiger partial charge in [-0.05, 0) is 0 Å². The first kappa shape index (κ1) is 9.21. The van der Waals surface area contributed by atoms with Gasteiger partial charge in [0.25, 0.3) is 0 Å². The molecule has 1 fully saturated rings. The van der Waals surface area contributed by atoms with E-state index < -0.39 is 0 Å². The zero-order valence-electron chi connectivity index (χ0n) is 8.28. The third kappa shape index (κ3) is 1.29.